The Hall–Kier alpha value is -2.28. The van der Waals surface area contributed by atoms with Crippen LogP contribution in [0.4, 0.5) is 10.1 Å². The zero-order chi connectivity index (χ0) is 14.1. The van der Waals surface area contributed by atoms with Gasteiger partial charge in [-0.3, -0.25) is 4.79 Å². The van der Waals surface area contributed by atoms with Crippen molar-refractivity contribution < 1.29 is 9.18 Å². The zero-order valence-corrected chi connectivity index (χ0v) is 10.9. The Labute approximate surface area is 115 Å². The Bertz CT molecular complexity index is 650. The third kappa shape index (κ3) is 2.39. The van der Waals surface area contributed by atoms with Crippen molar-refractivity contribution in [2.24, 2.45) is 0 Å². The number of aryl methyl sites for hydroxylation is 1. The second-order valence-corrected chi connectivity index (χ2v) is 4.83. The van der Waals surface area contributed by atoms with Gasteiger partial charge in [0.1, 0.15) is 5.82 Å². The molecule has 7 heteroatoms. The number of carbonyl (C=O) groups excluding carboxylic acids is 1. The molecule has 3 rings (SSSR count). The number of hydrogen-bond acceptors (Lipinski definition) is 4. The number of anilines is 1. The molecule has 0 bridgehead atoms. The van der Waals surface area contributed by atoms with E-state index >= 15 is 0 Å². The Morgan fingerprint density at radius 3 is 2.95 bits per heavy atom. The van der Waals surface area contributed by atoms with Crippen LogP contribution < -0.4 is 10.6 Å². The van der Waals surface area contributed by atoms with Gasteiger partial charge in [0.2, 0.25) is 0 Å². The molecule has 1 fully saturated rings. The largest absolute Gasteiger partial charge is 0.318 e. The summed E-state index contributed by atoms with van der Waals surface area (Å²) in [6.07, 6.45) is 1.58. The number of nitrogens with one attached hydrogen (secondary N) is 2. The molecule has 2 N–H and O–H groups in total. The number of amides is 1. The summed E-state index contributed by atoms with van der Waals surface area (Å²) < 4.78 is 15.3. The van der Waals surface area contributed by atoms with E-state index in [0.29, 0.717) is 0 Å². The molecule has 0 saturated carbocycles. The topological polar surface area (TPSA) is 71.8 Å². The number of aromatic nitrogens is 3. The van der Waals surface area contributed by atoms with Gasteiger partial charge in [0, 0.05) is 13.1 Å². The fourth-order valence-electron chi connectivity index (χ4n) is 1.93. The first-order chi connectivity index (χ1) is 9.63. The number of benzene rings is 1. The Morgan fingerprint density at radius 2 is 2.30 bits per heavy atom. The van der Waals surface area contributed by atoms with E-state index in [2.05, 4.69) is 20.9 Å². The minimum Gasteiger partial charge on any atom is -0.318 e. The highest BCUT2D eigenvalue weighted by Crippen LogP contribution is 2.16. The van der Waals surface area contributed by atoms with Gasteiger partial charge in [-0.1, -0.05) is 11.3 Å². The van der Waals surface area contributed by atoms with Crippen LogP contribution in [0.25, 0.3) is 0 Å². The lowest BCUT2D eigenvalue weighted by Crippen LogP contribution is -2.43. The van der Waals surface area contributed by atoms with E-state index < -0.39 is 11.7 Å². The molecule has 1 aromatic heterocycles. The molecule has 20 heavy (non-hydrogen) atoms. The van der Waals surface area contributed by atoms with Gasteiger partial charge < -0.3 is 10.6 Å². The molecule has 0 atom stereocenters. The summed E-state index contributed by atoms with van der Waals surface area (Å²) in [6.45, 7) is 3.42. The van der Waals surface area contributed by atoms with Gasteiger partial charge in [-0.05, 0) is 24.6 Å². The molecule has 1 aromatic carbocycles. The van der Waals surface area contributed by atoms with Crippen molar-refractivity contribution in [3.63, 3.8) is 0 Å². The van der Waals surface area contributed by atoms with Gasteiger partial charge in [-0.25, -0.2) is 9.07 Å². The van der Waals surface area contributed by atoms with Gasteiger partial charge in [0.05, 0.1) is 17.9 Å². The summed E-state index contributed by atoms with van der Waals surface area (Å²) in [4.78, 5) is 12.0. The number of hydrogen-bond donors (Lipinski definition) is 2. The summed E-state index contributed by atoms with van der Waals surface area (Å²) in [7, 11) is 0. The van der Waals surface area contributed by atoms with Crippen LogP contribution in [0.15, 0.2) is 24.4 Å². The van der Waals surface area contributed by atoms with Crippen LogP contribution in [0, 0.1) is 12.7 Å². The molecule has 1 amide bonds. The van der Waals surface area contributed by atoms with Crippen LogP contribution in [0.1, 0.15) is 22.1 Å². The first-order valence-electron chi connectivity index (χ1n) is 6.33. The molecule has 0 spiro atoms. The van der Waals surface area contributed by atoms with Crippen molar-refractivity contribution in [2.75, 3.05) is 18.4 Å². The first kappa shape index (κ1) is 12.7. The summed E-state index contributed by atoms with van der Waals surface area (Å²) in [5.41, 5.74) is 1.11. The van der Waals surface area contributed by atoms with Gasteiger partial charge in [-0.2, -0.15) is 0 Å². The van der Waals surface area contributed by atoms with Crippen molar-refractivity contribution in [1.82, 2.24) is 20.3 Å². The molecule has 2 heterocycles. The van der Waals surface area contributed by atoms with Crippen LogP contribution in [0.3, 0.4) is 0 Å². The maximum atomic E-state index is 13.7. The number of rotatable bonds is 3. The first-order valence-corrected chi connectivity index (χ1v) is 6.33. The number of nitrogens with zero attached hydrogens (tertiary/aromatic N) is 3. The van der Waals surface area contributed by atoms with Crippen molar-refractivity contribution in [2.45, 2.75) is 13.0 Å². The maximum absolute atomic E-state index is 13.7. The molecule has 6 nitrogen and oxygen atoms in total. The maximum Gasteiger partial charge on any atom is 0.277 e. The highest BCUT2D eigenvalue weighted by atomic mass is 19.1. The van der Waals surface area contributed by atoms with E-state index in [4.69, 9.17) is 0 Å². The summed E-state index contributed by atoms with van der Waals surface area (Å²) >= 11 is 0. The summed E-state index contributed by atoms with van der Waals surface area (Å²) in [6, 6.07) is 4.87. The third-order valence-electron chi connectivity index (χ3n) is 3.25. The second kappa shape index (κ2) is 5.01. The van der Waals surface area contributed by atoms with Crippen molar-refractivity contribution in [3.8, 4) is 0 Å². The second-order valence-electron chi connectivity index (χ2n) is 4.83. The Kier molecular flexibility index (Phi) is 3.19. The lowest BCUT2D eigenvalue weighted by atomic mass is 10.2. The summed E-state index contributed by atoms with van der Waals surface area (Å²) in [5, 5.41) is 13.3. The van der Waals surface area contributed by atoms with Crippen molar-refractivity contribution in [1.29, 1.82) is 0 Å². The predicted octanol–water partition coefficient (Wildman–Crippen LogP) is 1.12. The predicted molar refractivity (Wildman–Crippen MR) is 71.0 cm³/mol. The standard InChI is InChI=1S/C13H14FN5O/c1-8-2-3-11(10(14)4-8)16-13(20)12-7-19(18-17-12)9-5-15-6-9/h2-4,7,9,15H,5-6H2,1H3,(H,16,20). The quantitative estimate of drug-likeness (QED) is 0.880. The van der Waals surface area contributed by atoms with Gasteiger partial charge in [0.25, 0.3) is 5.91 Å². The van der Waals surface area contributed by atoms with Crippen LogP contribution in [0.5, 0.6) is 0 Å². The molecule has 104 valence electrons. The fraction of sp³-hybridized carbons (Fsp3) is 0.308. The average molecular weight is 275 g/mol. The molecule has 0 radical (unpaired) electrons. The number of halogens is 1. The molecular formula is C13H14FN5O. The van der Waals surface area contributed by atoms with E-state index in [0.717, 1.165) is 18.7 Å². The van der Waals surface area contributed by atoms with Crippen molar-refractivity contribution in [3.05, 3.63) is 41.5 Å². The molecule has 0 unspecified atom stereocenters. The van der Waals surface area contributed by atoms with Crippen LogP contribution >= 0.6 is 0 Å². The van der Waals surface area contributed by atoms with Crippen LogP contribution in [-0.4, -0.2) is 34.0 Å². The molecular weight excluding hydrogens is 261 g/mol. The van der Waals surface area contributed by atoms with E-state index in [1.807, 2.05) is 0 Å². The average Bonchev–Trinajstić information content (AvgIpc) is 2.80. The van der Waals surface area contributed by atoms with E-state index in [1.54, 1.807) is 23.9 Å². The summed E-state index contributed by atoms with van der Waals surface area (Å²) in [5.74, 6) is -0.930. The van der Waals surface area contributed by atoms with Gasteiger partial charge in [0.15, 0.2) is 5.69 Å². The molecule has 1 aliphatic rings. The lowest BCUT2D eigenvalue weighted by Gasteiger charge is -2.26. The lowest BCUT2D eigenvalue weighted by molar-refractivity contribution is 0.102. The van der Waals surface area contributed by atoms with Gasteiger partial charge in [-0.15, -0.1) is 5.10 Å². The number of carbonyl (C=O) groups is 1. The van der Waals surface area contributed by atoms with Crippen LogP contribution in [0.2, 0.25) is 0 Å². The highest BCUT2D eigenvalue weighted by Gasteiger charge is 2.22. The van der Waals surface area contributed by atoms with E-state index in [9.17, 15) is 9.18 Å². The van der Waals surface area contributed by atoms with Crippen LogP contribution in [-0.2, 0) is 0 Å². The molecule has 2 aromatic rings. The Balaban J connectivity index is 1.73. The minimum absolute atomic E-state index is 0.139. The van der Waals surface area contributed by atoms with Gasteiger partial charge >= 0.3 is 0 Å². The third-order valence-corrected chi connectivity index (χ3v) is 3.25. The minimum atomic E-state index is -0.466. The normalized spacial score (nSPS) is 14.9. The molecule has 0 aliphatic carbocycles. The highest BCUT2D eigenvalue weighted by molar-refractivity contribution is 6.02. The zero-order valence-electron chi connectivity index (χ0n) is 10.9. The smallest absolute Gasteiger partial charge is 0.277 e. The van der Waals surface area contributed by atoms with E-state index in [1.165, 1.54) is 12.1 Å². The van der Waals surface area contributed by atoms with E-state index in [-0.39, 0.29) is 17.4 Å². The molecule has 1 saturated heterocycles. The molecule has 1 aliphatic heterocycles. The Morgan fingerprint density at radius 1 is 1.50 bits per heavy atom. The monoisotopic (exact) mass is 275 g/mol. The fourth-order valence-corrected chi connectivity index (χ4v) is 1.93. The van der Waals surface area contributed by atoms with Crippen molar-refractivity contribution >= 4 is 11.6 Å². The SMILES string of the molecule is Cc1ccc(NC(=O)c2cn(C3CNC3)nn2)c(F)c1.